The quantitative estimate of drug-likeness (QED) is 0.772. The van der Waals surface area contributed by atoms with Crippen molar-refractivity contribution in [1.82, 2.24) is 10.2 Å². The number of amides is 1. The summed E-state index contributed by atoms with van der Waals surface area (Å²) in [5.41, 5.74) is 0. The van der Waals surface area contributed by atoms with Crippen molar-refractivity contribution >= 4 is 5.91 Å². The van der Waals surface area contributed by atoms with Crippen LogP contribution in [0.15, 0.2) is 0 Å². The average Bonchev–Trinajstić information content (AvgIpc) is 2.60. The maximum Gasteiger partial charge on any atom is 0.224 e. The first-order chi connectivity index (χ1) is 7.66. The summed E-state index contributed by atoms with van der Waals surface area (Å²) in [7, 11) is 0. The maximum atomic E-state index is 11.9. The molecule has 0 bridgehead atoms. The Morgan fingerprint density at radius 3 is 2.69 bits per heavy atom. The predicted octanol–water partition coefficient (Wildman–Crippen LogP) is 0.764. The van der Waals surface area contributed by atoms with Crippen molar-refractivity contribution in [3.63, 3.8) is 0 Å². The Morgan fingerprint density at radius 2 is 2.06 bits per heavy atom. The van der Waals surface area contributed by atoms with Crippen LogP contribution in [0.2, 0.25) is 0 Å². The van der Waals surface area contributed by atoms with Gasteiger partial charge in [0.25, 0.3) is 0 Å². The van der Waals surface area contributed by atoms with Gasteiger partial charge in [-0.25, -0.2) is 0 Å². The summed E-state index contributed by atoms with van der Waals surface area (Å²) in [6.07, 6.45) is 2.66. The number of likely N-dealkylation sites (tertiary alicyclic amines) is 1. The molecule has 0 saturated carbocycles. The van der Waals surface area contributed by atoms with E-state index in [0.717, 1.165) is 32.6 Å². The molecule has 1 amide bonds. The molecule has 2 aliphatic rings. The number of nitrogens with one attached hydrogen (secondary N) is 1. The van der Waals surface area contributed by atoms with Crippen molar-refractivity contribution in [2.24, 2.45) is 0 Å². The summed E-state index contributed by atoms with van der Waals surface area (Å²) in [6, 6.07) is 1.21. The zero-order valence-corrected chi connectivity index (χ0v) is 10.2. The second-order valence-corrected chi connectivity index (χ2v) is 5.11. The Bertz CT molecular complexity index is 249. The lowest BCUT2D eigenvalue weighted by atomic mass is 10.1. The van der Waals surface area contributed by atoms with Crippen LogP contribution in [-0.2, 0) is 9.53 Å². The monoisotopic (exact) mass is 226 g/mol. The van der Waals surface area contributed by atoms with E-state index in [1.54, 1.807) is 0 Å². The molecule has 0 spiro atoms. The number of hydrogen-bond donors (Lipinski definition) is 1. The molecule has 2 aliphatic heterocycles. The molecule has 2 heterocycles. The topological polar surface area (TPSA) is 41.6 Å². The average molecular weight is 226 g/mol. The first-order valence-corrected chi connectivity index (χ1v) is 6.30. The molecule has 2 rings (SSSR count). The van der Waals surface area contributed by atoms with Crippen LogP contribution in [-0.4, -0.2) is 48.7 Å². The highest BCUT2D eigenvalue weighted by molar-refractivity contribution is 5.79. The first kappa shape index (κ1) is 11.9. The minimum absolute atomic E-state index is 0.310. The molecule has 4 heteroatoms. The molecule has 1 N–H and O–H groups in total. The van der Waals surface area contributed by atoms with Crippen LogP contribution in [0.25, 0.3) is 0 Å². The molecule has 1 atom stereocenters. The number of carbonyl (C=O) groups excluding carboxylic acids is 1. The molecular formula is C12H22N2O2. The molecule has 16 heavy (non-hydrogen) atoms. The van der Waals surface area contributed by atoms with Gasteiger partial charge < -0.3 is 15.0 Å². The molecule has 0 aromatic carbocycles. The highest BCUT2D eigenvalue weighted by Gasteiger charge is 2.34. The van der Waals surface area contributed by atoms with Gasteiger partial charge in [0.2, 0.25) is 5.91 Å². The Labute approximate surface area is 97.3 Å². The Hall–Kier alpha value is -0.610. The van der Waals surface area contributed by atoms with E-state index in [4.69, 9.17) is 4.74 Å². The summed E-state index contributed by atoms with van der Waals surface area (Å²) in [6.45, 7) is 6.73. The van der Waals surface area contributed by atoms with Crippen LogP contribution in [0.3, 0.4) is 0 Å². The van der Waals surface area contributed by atoms with Crippen molar-refractivity contribution in [2.45, 2.75) is 51.2 Å². The number of hydrogen-bond acceptors (Lipinski definition) is 3. The second kappa shape index (κ2) is 5.15. The van der Waals surface area contributed by atoms with Gasteiger partial charge in [-0.3, -0.25) is 4.79 Å². The lowest BCUT2D eigenvalue weighted by Gasteiger charge is -2.31. The van der Waals surface area contributed by atoms with E-state index < -0.39 is 0 Å². The van der Waals surface area contributed by atoms with Gasteiger partial charge in [-0.1, -0.05) is 13.8 Å². The van der Waals surface area contributed by atoms with Crippen molar-refractivity contribution in [3.05, 3.63) is 0 Å². The van der Waals surface area contributed by atoms with E-state index in [2.05, 4.69) is 24.1 Å². The zero-order chi connectivity index (χ0) is 11.5. The summed E-state index contributed by atoms with van der Waals surface area (Å²) in [5, 5.41) is 3.45. The second-order valence-electron chi connectivity index (χ2n) is 5.11. The largest absolute Gasteiger partial charge is 0.381 e. The molecule has 0 aromatic rings. The summed E-state index contributed by atoms with van der Waals surface area (Å²) in [5.74, 6) is 0.310. The standard InChI is InChI=1S/C12H22N2O2/c1-9(2)13-10-7-12(15)14(8-10)11-3-5-16-6-4-11/h9-11,13H,3-8H2,1-2H3. The third-order valence-electron chi connectivity index (χ3n) is 3.36. The third kappa shape index (κ3) is 2.74. The Kier molecular flexibility index (Phi) is 3.82. The molecule has 92 valence electrons. The van der Waals surface area contributed by atoms with E-state index in [0.29, 0.717) is 30.5 Å². The van der Waals surface area contributed by atoms with Crippen molar-refractivity contribution in [2.75, 3.05) is 19.8 Å². The van der Waals surface area contributed by atoms with Crippen molar-refractivity contribution in [3.8, 4) is 0 Å². The third-order valence-corrected chi connectivity index (χ3v) is 3.36. The molecule has 2 saturated heterocycles. The summed E-state index contributed by atoms with van der Waals surface area (Å²) >= 11 is 0. The van der Waals surface area contributed by atoms with Crippen molar-refractivity contribution < 1.29 is 9.53 Å². The number of ether oxygens (including phenoxy) is 1. The molecule has 2 fully saturated rings. The molecular weight excluding hydrogens is 204 g/mol. The Balaban J connectivity index is 1.88. The van der Waals surface area contributed by atoms with Gasteiger partial charge in [-0.05, 0) is 12.8 Å². The van der Waals surface area contributed by atoms with E-state index in [9.17, 15) is 4.79 Å². The summed E-state index contributed by atoms with van der Waals surface area (Å²) in [4.78, 5) is 14.0. The van der Waals surface area contributed by atoms with E-state index in [1.807, 2.05) is 0 Å². The van der Waals surface area contributed by atoms with E-state index >= 15 is 0 Å². The highest BCUT2D eigenvalue weighted by Crippen LogP contribution is 2.21. The van der Waals surface area contributed by atoms with Crippen LogP contribution in [0.5, 0.6) is 0 Å². The van der Waals surface area contributed by atoms with Gasteiger partial charge in [0.1, 0.15) is 0 Å². The normalized spacial score (nSPS) is 28.1. The van der Waals surface area contributed by atoms with Gasteiger partial charge in [0.05, 0.1) is 0 Å². The first-order valence-electron chi connectivity index (χ1n) is 6.30. The minimum Gasteiger partial charge on any atom is -0.381 e. The van der Waals surface area contributed by atoms with Gasteiger partial charge in [-0.2, -0.15) is 0 Å². The number of carbonyl (C=O) groups is 1. The van der Waals surface area contributed by atoms with Crippen LogP contribution < -0.4 is 5.32 Å². The number of rotatable bonds is 3. The molecule has 0 radical (unpaired) electrons. The van der Waals surface area contributed by atoms with E-state index in [1.165, 1.54) is 0 Å². The van der Waals surface area contributed by atoms with Gasteiger partial charge in [0, 0.05) is 44.3 Å². The lowest BCUT2D eigenvalue weighted by Crippen LogP contribution is -2.42. The molecule has 0 aliphatic carbocycles. The SMILES string of the molecule is CC(C)NC1CC(=O)N(C2CCOCC2)C1. The fraction of sp³-hybridized carbons (Fsp3) is 0.917. The lowest BCUT2D eigenvalue weighted by molar-refractivity contribution is -0.131. The number of nitrogens with zero attached hydrogens (tertiary/aromatic N) is 1. The zero-order valence-electron chi connectivity index (χ0n) is 10.2. The fourth-order valence-corrected chi connectivity index (χ4v) is 2.66. The van der Waals surface area contributed by atoms with E-state index in [-0.39, 0.29) is 0 Å². The van der Waals surface area contributed by atoms with Gasteiger partial charge >= 0.3 is 0 Å². The van der Waals surface area contributed by atoms with Crippen LogP contribution in [0.4, 0.5) is 0 Å². The molecule has 4 nitrogen and oxygen atoms in total. The van der Waals surface area contributed by atoms with Crippen LogP contribution >= 0.6 is 0 Å². The predicted molar refractivity (Wildman–Crippen MR) is 62.2 cm³/mol. The smallest absolute Gasteiger partial charge is 0.224 e. The van der Waals surface area contributed by atoms with Gasteiger partial charge in [-0.15, -0.1) is 0 Å². The van der Waals surface area contributed by atoms with Crippen LogP contribution in [0, 0.1) is 0 Å². The minimum atomic E-state index is 0.310. The van der Waals surface area contributed by atoms with Crippen molar-refractivity contribution in [1.29, 1.82) is 0 Å². The summed E-state index contributed by atoms with van der Waals surface area (Å²) < 4.78 is 5.33. The highest BCUT2D eigenvalue weighted by atomic mass is 16.5. The van der Waals surface area contributed by atoms with Gasteiger partial charge in [0.15, 0.2) is 0 Å². The molecule has 1 unspecified atom stereocenters. The fourth-order valence-electron chi connectivity index (χ4n) is 2.66. The van der Waals surface area contributed by atoms with Crippen LogP contribution in [0.1, 0.15) is 33.1 Å². The Morgan fingerprint density at radius 1 is 1.38 bits per heavy atom. The maximum absolute atomic E-state index is 11.9. The molecule has 0 aromatic heterocycles.